The van der Waals surface area contributed by atoms with Crippen LogP contribution < -0.4 is 5.73 Å². The van der Waals surface area contributed by atoms with Crippen molar-refractivity contribution in [1.29, 1.82) is 0 Å². The molecule has 0 radical (unpaired) electrons. The lowest BCUT2D eigenvalue weighted by Gasteiger charge is -2.09. The van der Waals surface area contributed by atoms with Crippen LogP contribution in [0.15, 0.2) is 41.0 Å². The fraction of sp³-hybridized carbons (Fsp3) is 0.133. The molecule has 0 bridgehead atoms. The number of hydrogen-bond donors (Lipinski definition) is 1. The molecule has 0 atom stereocenters. The Morgan fingerprint density at radius 3 is 2.48 bits per heavy atom. The largest absolute Gasteiger partial charge is 0.383 e. The van der Waals surface area contributed by atoms with Crippen molar-refractivity contribution < 1.29 is 0 Å². The number of nitrogen functional groups attached to an aromatic ring is 1. The highest BCUT2D eigenvalue weighted by atomic mass is 79.9. The maximum absolute atomic E-state index is 6.03. The molecule has 0 aliphatic rings. The quantitative estimate of drug-likeness (QED) is 0.775. The zero-order chi connectivity index (χ0) is 15.0. The number of anilines is 1. The molecular formula is C15H14BrN5. The average molecular weight is 344 g/mol. The van der Waals surface area contributed by atoms with E-state index in [2.05, 4.69) is 31.0 Å². The van der Waals surface area contributed by atoms with Gasteiger partial charge in [-0.2, -0.15) is 5.10 Å². The second kappa shape index (κ2) is 5.29. The van der Waals surface area contributed by atoms with Crippen LogP contribution in [0.5, 0.6) is 0 Å². The number of aromatic nitrogens is 4. The van der Waals surface area contributed by atoms with E-state index in [1.807, 2.05) is 44.3 Å². The predicted octanol–water partition coefficient (Wildman–Crippen LogP) is 3.20. The third-order valence-electron chi connectivity index (χ3n) is 3.40. The van der Waals surface area contributed by atoms with Crippen molar-refractivity contribution in [2.75, 3.05) is 5.73 Å². The Hall–Kier alpha value is -2.21. The molecule has 2 aromatic heterocycles. The van der Waals surface area contributed by atoms with Crippen LogP contribution in [0.3, 0.4) is 0 Å². The second-order valence-electron chi connectivity index (χ2n) is 4.73. The topological polar surface area (TPSA) is 69.6 Å². The van der Waals surface area contributed by atoms with E-state index in [4.69, 9.17) is 5.73 Å². The summed E-state index contributed by atoms with van der Waals surface area (Å²) in [5, 5.41) is 4.23. The van der Waals surface area contributed by atoms with Crippen LogP contribution in [0, 0.1) is 6.92 Å². The van der Waals surface area contributed by atoms with Gasteiger partial charge < -0.3 is 5.73 Å². The van der Waals surface area contributed by atoms with Crippen molar-refractivity contribution in [3.8, 4) is 22.6 Å². The summed E-state index contributed by atoms with van der Waals surface area (Å²) in [5.74, 6) is 1.00. The van der Waals surface area contributed by atoms with Crippen molar-refractivity contribution in [1.82, 2.24) is 19.7 Å². The van der Waals surface area contributed by atoms with Gasteiger partial charge in [0.25, 0.3) is 0 Å². The van der Waals surface area contributed by atoms with Crippen LogP contribution in [0.25, 0.3) is 22.6 Å². The summed E-state index contributed by atoms with van der Waals surface area (Å²) >= 11 is 3.48. The lowest BCUT2D eigenvalue weighted by Crippen LogP contribution is -2.01. The molecular weight excluding hydrogens is 330 g/mol. The molecule has 3 rings (SSSR count). The van der Waals surface area contributed by atoms with E-state index in [0.29, 0.717) is 16.1 Å². The number of rotatable bonds is 2. The third-order valence-corrected chi connectivity index (χ3v) is 4.18. The van der Waals surface area contributed by atoms with Crippen molar-refractivity contribution in [3.63, 3.8) is 0 Å². The minimum Gasteiger partial charge on any atom is -0.383 e. The Morgan fingerprint density at radius 2 is 1.86 bits per heavy atom. The number of halogens is 1. The van der Waals surface area contributed by atoms with Crippen LogP contribution in [0.1, 0.15) is 5.69 Å². The maximum atomic E-state index is 6.03. The Labute approximate surface area is 131 Å². The zero-order valence-corrected chi connectivity index (χ0v) is 13.3. The van der Waals surface area contributed by atoms with Gasteiger partial charge in [0.1, 0.15) is 5.82 Å². The molecule has 0 fully saturated rings. The summed E-state index contributed by atoms with van der Waals surface area (Å²) in [5.41, 5.74) is 9.67. The minimum absolute atomic E-state index is 0.419. The van der Waals surface area contributed by atoms with E-state index in [9.17, 15) is 0 Å². The molecule has 106 valence electrons. The van der Waals surface area contributed by atoms with E-state index in [-0.39, 0.29) is 0 Å². The van der Waals surface area contributed by atoms with Crippen LogP contribution in [-0.4, -0.2) is 19.7 Å². The molecule has 0 aliphatic carbocycles. The first-order valence-corrected chi connectivity index (χ1v) is 7.24. The van der Waals surface area contributed by atoms with E-state index in [0.717, 1.165) is 22.5 Å². The minimum atomic E-state index is 0.419. The zero-order valence-electron chi connectivity index (χ0n) is 11.7. The number of aryl methyl sites for hydroxylation is 1. The molecule has 21 heavy (non-hydrogen) atoms. The van der Waals surface area contributed by atoms with Gasteiger partial charge in [0.05, 0.1) is 21.9 Å². The molecule has 0 saturated heterocycles. The average Bonchev–Trinajstić information content (AvgIpc) is 2.83. The Bertz CT molecular complexity index is 795. The summed E-state index contributed by atoms with van der Waals surface area (Å²) in [6.07, 6.45) is 1.76. The molecule has 3 aromatic rings. The van der Waals surface area contributed by atoms with Gasteiger partial charge in [-0.15, -0.1) is 0 Å². The smallest absolute Gasteiger partial charge is 0.165 e. The van der Waals surface area contributed by atoms with Crippen LogP contribution in [0.4, 0.5) is 5.82 Å². The number of benzene rings is 1. The first-order chi connectivity index (χ1) is 10.1. The summed E-state index contributed by atoms with van der Waals surface area (Å²) in [6.45, 7) is 1.98. The first kappa shape index (κ1) is 13.8. The van der Waals surface area contributed by atoms with E-state index < -0.39 is 0 Å². The van der Waals surface area contributed by atoms with E-state index in [1.54, 1.807) is 10.9 Å². The van der Waals surface area contributed by atoms with Crippen molar-refractivity contribution in [2.24, 2.45) is 7.05 Å². The summed E-state index contributed by atoms with van der Waals surface area (Å²) in [7, 11) is 1.89. The standard InChI is InChI=1S/C15H14BrN5/c1-9-11(8-18-21(9)2)15-19-13(12(16)14(17)20-15)10-6-4-3-5-7-10/h3-8H,1-2H3,(H2,17,19,20). The fourth-order valence-electron chi connectivity index (χ4n) is 2.09. The summed E-state index contributed by atoms with van der Waals surface area (Å²) in [4.78, 5) is 9.03. The Balaban J connectivity index is 2.21. The van der Waals surface area contributed by atoms with Gasteiger partial charge in [-0.1, -0.05) is 30.3 Å². The van der Waals surface area contributed by atoms with Crippen LogP contribution >= 0.6 is 15.9 Å². The molecule has 0 amide bonds. The lowest BCUT2D eigenvalue weighted by atomic mass is 10.1. The normalized spacial score (nSPS) is 10.8. The molecule has 5 nitrogen and oxygen atoms in total. The van der Waals surface area contributed by atoms with Crippen molar-refractivity contribution in [3.05, 3.63) is 46.7 Å². The maximum Gasteiger partial charge on any atom is 0.165 e. The van der Waals surface area contributed by atoms with Crippen molar-refractivity contribution in [2.45, 2.75) is 6.92 Å². The lowest BCUT2D eigenvalue weighted by molar-refractivity contribution is 0.740. The molecule has 0 spiro atoms. The van der Waals surface area contributed by atoms with E-state index in [1.165, 1.54) is 0 Å². The van der Waals surface area contributed by atoms with E-state index >= 15 is 0 Å². The van der Waals surface area contributed by atoms with Gasteiger partial charge in [0.15, 0.2) is 5.82 Å². The predicted molar refractivity (Wildman–Crippen MR) is 86.5 cm³/mol. The fourth-order valence-corrected chi connectivity index (χ4v) is 2.50. The number of nitrogens with two attached hydrogens (primary N) is 1. The highest BCUT2D eigenvalue weighted by Gasteiger charge is 2.16. The third kappa shape index (κ3) is 2.42. The van der Waals surface area contributed by atoms with Gasteiger partial charge in [0.2, 0.25) is 0 Å². The van der Waals surface area contributed by atoms with Crippen LogP contribution in [0.2, 0.25) is 0 Å². The van der Waals surface area contributed by atoms with Gasteiger partial charge in [-0.25, -0.2) is 9.97 Å². The number of nitrogens with zero attached hydrogens (tertiary/aromatic N) is 4. The molecule has 2 heterocycles. The number of hydrogen-bond acceptors (Lipinski definition) is 4. The molecule has 0 aliphatic heterocycles. The Kier molecular flexibility index (Phi) is 3.47. The molecule has 0 saturated carbocycles. The SMILES string of the molecule is Cc1c(-c2nc(N)c(Br)c(-c3ccccc3)n2)cnn1C. The molecule has 6 heteroatoms. The molecule has 0 unspecified atom stereocenters. The highest BCUT2D eigenvalue weighted by Crippen LogP contribution is 2.32. The monoisotopic (exact) mass is 343 g/mol. The molecule has 1 aromatic carbocycles. The summed E-state index contributed by atoms with van der Waals surface area (Å²) in [6, 6.07) is 9.89. The highest BCUT2D eigenvalue weighted by molar-refractivity contribution is 9.10. The van der Waals surface area contributed by atoms with Gasteiger partial charge in [0, 0.05) is 18.3 Å². The first-order valence-electron chi connectivity index (χ1n) is 6.45. The van der Waals surface area contributed by atoms with Gasteiger partial charge >= 0.3 is 0 Å². The second-order valence-corrected chi connectivity index (χ2v) is 5.52. The van der Waals surface area contributed by atoms with Gasteiger partial charge in [-0.3, -0.25) is 4.68 Å². The van der Waals surface area contributed by atoms with Gasteiger partial charge in [-0.05, 0) is 22.9 Å². The Morgan fingerprint density at radius 1 is 1.14 bits per heavy atom. The van der Waals surface area contributed by atoms with Crippen LogP contribution in [-0.2, 0) is 7.05 Å². The molecule has 2 N–H and O–H groups in total. The summed E-state index contributed by atoms with van der Waals surface area (Å²) < 4.78 is 2.50. The van der Waals surface area contributed by atoms with Crippen molar-refractivity contribution >= 4 is 21.7 Å².